The van der Waals surface area contributed by atoms with Gasteiger partial charge in [-0.1, -0.05) is 54.0 Å². The molecule has 1 N–H and O–H groups in total. The molecular formula is C35H53NO5. The van der Waals surface area contributed by atoms with Crippen molar-refractivity contribution in [2.75, 3.05) is 0 Å². The van der Waals surface area contributed by atoms with Gasteiger partial charge in [0.2, 0.25) is 5.91 Å². The molecule has 1 unspecified atom stereocenters. The van der Waals surface area contributed by atoms with Crippen LogP contribution >= 0.6 is 0 Å². The van der Waals surface area contributed by atoms with E-state index in [4.69, 9.17) is 9.57 Å². The lowest BCUT2D eigenvalue weighted by Crippen LogP contribution is -2.66. The van der Waals surface area contributed by atoms with Crippen molar-refractivity contribution in [2.45, 2.75) is 138 Å². The second-order valence-electron chi connectivity index (χ2n) is 17.0. The van der Waals surface area contributed by atoms with E-state index in [1.807, 2.05) is 0 Å². The van der Waals surface area contributed by atoms with Gasteiger partial charge in [0.15, 0.2) is 5.78 Å². The summed E-state index contributed by atoms with van der Waals surface area (Å²) in [7, 11) is 0. The highest BCUT2D eigenvalue weighted by Crippen LogP contribution is 2.75. The first-order chi connectivity index (χ1) is 19.0. The molecule has 6 aliphatic carbocycles. The second-order valence-corrected chi connectivity index (χ2v) is 17.0. The molecule has 5 fully saturated rings. The molecule has 9 atom stereocenters. The fourth-order valence-corrected chi connectivity index (χ4v) is 11.2. The summed E-state index contributed by atoms with van der Waals surface area (Å²) < 4.78 is 5.86. The molecule has 6 rings (SSSR count). The number of hydrogen-bond acceptors (Lipinski definition) is 5. The Kier molecular flexibility index (Phi) is 6.56. The van der Waals surface area contributed by atoms with Crippen molar-refractivity contribution in [1.29, 1.82) is 0 Å². The molecule has 0 aliphatic heterocycles. The Labute approximate surface area is 247 Å². The molecule has 0 spiro atoms. The molecule has 228 valence electrons. The van der Waals surface area contributed by atoms with Crippen molar-refractivity contribution in [3.05, 3.63) is 11.6 Å². The van der Waals surface area contributed by atoms with Gasteiger partial charge in [-0.2, -0.15) is 0 Å². The highest BCUT2D eigenvalue weighted by Gasteiger charge is 2.70. The van der Waals surface area contributed by atoms with Crippen LogP contribution in [0.1, 0.15) is 126 Å². The third kappa shape index (κ3) is 4.15. The zero-order valence-electron chi connectivity index (χ0n) is 26.8. The highest BCUT2D eigenvalue weighted by molar-refractivity contribution is 5.95. The molecule has 41 heavy (non-hydrogen) atoms. The lowest BCUT2D eigenvalue weighted by molar-refractivity contribution is -0.210. The largest absolute Gasteiger partial charge is 0.462 e. The summed E-state index contributed by atoms with van der Waals surface area (Å²) in [5, 5.41) is 0. The summed E-state index contributed by atoms with van der Waals surface area (Å²) in [6.07, 6.45) is 12.8. The smallest absolute Gasteiger partial charge is 0.302 e. The number of carbonyl (C=O) groups excluding carboxylic acids is 3. The first kappa shape index (κ1) is 29.4. The van der Waals surface area contributed by atoms with Crippen LogP contribution in [-0.4, -0.2) is 29.9 Å². The zero-order chi connectivity index (χ0) is 29.8. The van der Waals surface area contributed by atoms with Gasteiger partial charge < -0.3 is 4.74 Å². The second kappa shape index (κ2) is 9.16. The SMILES string of the molecule is CC(=O)O[C@H]1CC[C@@]2(C)C(CC[C@]3(C)[C@@H]2C(=O)C=C2[C@@H]4C[C@@](C)(C(=O)NOC5CC5)CC[C@]4(C)CC[C@]23C)C1(C)C. The first-order valence-electron chi connectivity index (χ1n) is 16.4. The number of hydrogen-bond donors (Lipinski definition) is 1. The summed E-state index contributed by atoms with van der Waals surface area (Å²) in [4.78, 5) is 45.6. The minimum atomic E-state index is -0.498. The molecule has 1 amide bonds. The van der Waals surface area contributed by atoms with E-state index >= 15 is 0 Å². The van der Waals surface area contributed by atoms with E-state index < -0.39 is 5.41 Å². The molecule has 6 nitrogen and oxygen atoms in total. The molecule has 5 saturated carbocycles. The molecule has 0 aromatic heterocycles. The van der Waals surface area contributed by atoms with Crippen molar-refractivity contribution < 1.29 is 24.0 Å². The average Bonchev–Trinajstić information content (AvgIpc) is 3.71. The van der Waals surface area contributed by atoms with Gasteiger partial charge in [-0.05, 0) is 110 Å². The number of hydroxylamine groups is 1. The predicted octanol–water partition coefficient (Wildman–Crippen LogP) is 7.11. The number of amides is 1. The van der Waals surface area contributed by atoms with Gasteiger partial charge >= 0.3 is 5.97 Å². The van der Waals surface area contributed by atoms with Crippen LogP contribution in [0.4, 0.5) is 0 Å². The van der Waals surface area contributed by atoms with E-state index in [0.29, 0.717) is 11.7 Å². The molecule has 6 aliphatic rings. The molecular weight excluding hydrogens is 514 g/mol. The number of nitrogens with one attached hydrogen (secondary N) is 1. The van der Waals surface area contributed by atoms with Crippen molar-refractivity contribution in [3.63, 3.8) is 0 Å². The van der Waals surface area contributed by atoms with E-state index in [-0.39, 0.29) is 63.0 Å². The summed E-state index contributed by atoms with van der Waals surface area (Å²) in [5.74, 6) is 0.580. The fourth-order valence-electron chi connectivity index (χ4n) is 11.2. The topological polar surface area (TPSA) is 81.7 Å². The maximum absolute atomic E-state index is 14.6. The monoisotopic (exact) mass is 567 g/mol. The Morgan fingerprint density at radius 1 is 0.878 bits per heavy atom. The molecule has 0 saturated heterocycles. The number of allylic oxidation sites excluding steroid dienone is 2. The van der Waals surface area contributed by atoms with E-state index in [2.05, 4.69) is 60.0 Å². The van der Waals surface area contributed by atoms with Crippen molar-refractivity contribution in [2.24, 2.45) is 50.2 Å². The maximum Gasteiger partial charge on any atom is 0.302 e. The Hall–Kier alpha value is -1.69. The number of ketones is 1. The quantitative estimate of drug-likeness (QED) is 0.289. The van der Waals surface area contributed by atoms with E-state index in [1.165, 1.54) is 12.5 Å². The highest BCUT2D eigenvalue weighted by atomic mass is 16.7. The zero-order valence-corrected chi connectivity index (χ0v) is 26.8. The van der Waals surface area contributed by atoms with Gasteiger partial charge in [0.1, 0.15) is 6.10 Å². The number of carbonyl (C=O) groups is 3. The van der Waals surface area contributed by atoms with Crippen LogP contribution in [-0.2, 0) is 24.0 Å². The van der Waals surface area contributed by atoms with Gasteiger partial charge in [-0.25, -0.2) is 5.48 Å². The summed E-state index contributed by atoms with van der Waals surface area (Å²) >= 11 is 0. The molecule has 0 radical (unpaired) electrons. The Morgan fingerprint density at radius 3 is 2.22 bits per heavy atom. The molecule has 0 bridgehead atoms. The standard InChI is InChI=1S/C35H53NO5/c1-21(37)40-27-12-13-33(6)26(30(27,2)3)11-14-35(8)28(33)25(38)19-23-24-20-32(5,29(39)36-41-22-9-10-22)16-15-31(24,4)17-18-34(23,35)7/h19,22,24,26-28H,9-18,20H2,1-8H3,(H,36,39)/t24-,26?,27-,28+,31+,32-,33-,34+,35+/m0/s1. The lowest BCUT2D eigenvalue weighted by Gasteiger charge is -2.70. The van der Waals surface area contributed by atoms with Crippen LogP contribution in [0.25, 0.3) is 0 Å². The molecule has 0 aromatic rings. The number of ether oxygens (including phenoxy) is 1. The van der Waals surface area contributed by atoms with Crippen molar-refractivity contribution in [1.82, 2.24) is 5.48 Å². The fraction of sp³-hybridized carbons (Fsp3) is 0.857. The number of rotatable bonds is 4. The number of fused-ring (bicyclic) bond motifs is 7. The third-order valence-electron chi connectivity index (χ3n) is 14.2. The summed E-state index contributed by atoms with van der Waals surface area (Å²) in [5.41, 5.74) is 3.19. The molecule has 6 heteroatoms. The van der Waals surface area contributed by atoms with Gasteiger partial charge in [-0.3, -0.25) is 19.2 Å². The van der Waals surface area contributed by atoms with Crippen LogP contribution in [0.3, 0.4) is 0 Å². The van der Waals surface area contributed by atoms with Crippen LogP contribution in [0.5, 0.6) is 0 Å². The van der Waals surface area contributed by atoms with Crippen LogP contribution in [0, 0.1) is 50.2 Å². The Balaban J connectivity index is 1.35. The Morgan fingerprint density at radius 2 is 1.56 bits per heavy atom. The first-order valence-corrected chi connectivity index (χ1v) is 16.4. The lowest BCUT2D eigenvalue weighted by atomic mass is 9.33. The Bertz CT molecular complexity index is 1190. The minimum Gasteiger partial charge on any atom is -0.462 e. The summed E-state index contributed by atoms with van der Waals surface area (Å²) in [6, 6.07) is 0. The van der Waals surface area contributed by atoms with Gasteiger partial charge in [0, 0.05) is 23.7 Å². The van der Waals surface area contributed by atoms with E-state index in [0.717, 1.165) is 70.6 Å². The predicted molar refractivity (Wildman–Crippen MR) is 157 cm³/mol. The van der Waals surface area contributed by atoms with Gasteiger partial charge in [-0.15, -0.1) is 0 Å². The third-order valence-corrected chi connectivity index (χ3v) is 14.2. The molecule has 0 heterocycles. The van der Waals surface area contributed by atoms with Gasteiger partial charge in [0.25, 0.3) is 0 Å². The van der Waals surface area contributed by atoms with Crippen LogP contribution in [0.2, 0.25) is 0 Å². The molecule has 0 aromatic carbocycles. The van der Waals surface area contributed by atoms with Crippen molar-refractivity contribution in [3.8, 4) is 0 Å². The normalized spacial score (nSPS) is 48.5. The summed E-state index contributed by atoms with van der Waals surface area (Å²) in [6.45, 7) is 17.8. The maximum atomic E-state index is 14.6. The minimum absolute atomic E-state index is 0.00495. The van der Waals surface area contributed by atoms with Crippen molar-refractivity contribution >= 4 is 17.7 Å². The van der Waals surface area contributed by atoms with E-state index in [1.54, 1.807) is 0 Å². The average molecular weight is 568 g/mol. The van der Waals surface area contributed by atoms with Crippen LogP contribution < -0.4 is 5.48 Å². The van der Waals surface area contributed by atoms with E-state index in [9.17, 15) is 14.4 Å². The van der Waals surface area contributed by atoms with Crippen LogP contribution in [0.15, 0.2) is 11.6 Å². The number of esters is 1. The van der Waals surface area contributed by atoms with Gasteiger partial charge in [0.05, 0.1) is 6.10 Å².